The largest absolute Gasteiger partial charge is 0.332 e. The molecule has 1 aliphatic rings. The average molecular weight is 398 g/mol. The average Bonchev–Trinajstić information content (AvgIpc) is 2.61. The number of urea groups is 1. The van der Waals surface area contributed by atoms with Crippen LogP contribution in [0.2, 0.25) is 0 Å². The fourth-order valence-corrected chi connectivity index (χ4v) is 3.83. The Morgan fingerprint density at radius 2 is 1.58 bits per heavy atom. The minimum atomic E-state index is -0.231. The van der Waals surface area contributed by atoms with Crippen molar-refractivity contribution in [1.29, 1.82) is 0 Å². The van der Waals surface area contributed by atoms with Gasteiger partial charge in [-0.25, -0.2) is 9.78 Å². The van der Waals surface area contributed by atoms with Gasteiger partial charge in [0.25, 0.3) is 0 Å². The first-order valence-electron chi connectivity index (χ1n) is 7.31. The van der Waals surface area contributed by atoms with Gasteiger partial charge in [0, 0.05) is 20.5 Å². The number of para-hydroxylation sites is 2. The van der Waals surface area contributed by atoms with Crippen LogP contribution in [0.3, 0.4) is 0 Å². The van der Waals surface area contributed by atoms with Gasteiger partial charge >= 0.3 is 6.03 Å². The number of hydrogen-bond donors (Lipinski definition) is 1. The number of carbonyl (C=O) groups excluding carboxylic acids is 1. The number of rotatable bonds is 1. The zero-order valence-corrected chi connectivity index (χ0v) is 14.8. The van der Waals surface area contributed by atoms with E-state index in [9.17, 15) is 4.79 Å². The lowest BCUT2D eigenvalue weighted by atomic mass is 10.2. The molecule has 2 amide bonds. The summed E-state index contributed by atoms with van der Waals surface area (Å²) in [5.74, 6) is 0.511. The Bertz CT molecular complexity index is 869. The van der Waals surface area contributed by atoms with Crippen LogP contribution in [0.5, 0.6) is 0 Å². The van der Waals surface area contributed by atoms with Crippen LogP contribution < -0.4 is 10.2 Å². The van der Waals surface area contributed by atoms with Crippen LogP contribution in [0.4, 0.5) is 22.0 Å². The van der Waals surface area contributed by atoms with Crippen molar-refractivity contribution in [2.45, 2.75) is 9.79 Å². The van der Waals surface area contributed by atoms with E-state index in [2.05, 4.69) is 26.2 Å². The molecule has 24 heavy (non-hydrogen) atoms. The van der Waals surface area contributed by atoms with Crippen molar-refractivity contribution in [2.75, 3.05) is 10.2 Å². The maximum Gasteiger partial charge on any atom is 0.332 e. The molecule has 0 fully saturated rings. The topological polar surface area (TPSA) is 45.2 Å². The fraction of sp³-hybridized carbons (Fsp3) is 0. The molecule has 0 saturated carbocycles. The molecular formula is C18H12BrN3OS. The third-order valence-corrected chi connectivity index (χ3v) is 5.20. The first-order valence-corrected chi connectivity index (χ1v) is 8.92. The maximum atomic E-state index is 12.9. The summed E-state index contributed by atoms with van der Waals surface area (Å²) in [7, 11) is 0. The summed E-state index contributed by atoms with van der Waals surface area (Å²) in [6, 6.07) is 19.1. The Kier molecular flexibility index (Phi) is 4.00. The van der Waals surface area contributed by atoms with E-state index in [0.29, 0.717) is 5.82 Å². The third kappa shape index (κ3) is 2.79. The van der Waals surface area contributed by atoms with Crippen molar-refractivity contribution >= 4 is 50.9 Å². The quantitative estimate of drug-likeness (QED) is 0.574. The van der Waals surface area contributed by atoms with Crippen LogP contribution in [0.25, 0.3) is 0 Å². The summed E-state index contributed by atoms with van der Waals surface area (Å²) in [5, 5.41) is 2.87. The van der Waals surface area contributed by atoms with Crippen molar-refractivity contribution in [3.05, 3.63) is 71.3 Å². The van der Waals surface area contributed by atoms with E-state index in [1.165, 1.54) is 0 Å². The minimum absolute atomic E-state index is 0.231. The molecule has 4 rings (SSSR count). The zero-order chi connectivity index (χ0) is 16.5. The molecule has 4 nitrogen and oxygen atoms in total. The Morgan fingerprint density at radius 1 is 0.958 bits per heavy atom. The number of anilines is 3. The molecule has 0 spiro atoms. The molecule has 118 valence electrons. The van der Waals surface area contributed by atoms with E-state index >= 15 is 0 Å². The van der Waals surface area contributed by atoms with Gasteiger partial charge in [0.1, 0.15) is 5.82 Å². The summed E-state index contributed by atoms with van der Waals surface area (Å²) in [6.45, 7) is 0. The molecule has 2 heterocycles. The van der Waals surface area contributed by atoms with Crippen molar-refractivity contribution < 1.29 is 4.79 Å². The summed E-state index contributed by atoms with van der Waals surface area (Å²) < 4.78 is 0.866. The highest BCUT2D eigenvalue weighted by Crippen LogP contribution is 2.47. The lowest BCUT2D eigenvalue weighted by molar-refractivity contribution is 0.258. The standard InChI is InChI=1S/C18H12BrN3OS/c19-12-9-10-17(20-11-12)21-18(23)22-13-5-1-3-7-15(13)24-16-8-4-2-6-14(16)22/h1-11H,(H,20,21,23). The molecule has 3 aromatic rings. The van der Waals surface area contributed by atoms with Gasteiger partial charge in [-0.15, -0.1) is 0 Å². The second-order valence-electron chi connectivity index (χ2n) is 5.16. The highest BCUT2D eigenvalue weighted by Gasteiger charge is 2.27. The van der Waals surface area contributed by atoms with E-state index in [1.54, 1.807) is 28.9 Å². The Labute approximate surface area is 152 Å². The normalized spacial score (nSPS) is 12.3. The summed E-state index contributed by atoms with van der Waals surface area (Å²) >= 11 is 5.01. The fourth-order valence-electron chi connectivity index (χ4n) is 2.54. The number of nitrogens with one attached hydrogen (secondary N) is 1. The van der Waals surface area contributed by atoms with Crippen LogP contribution in [-0.2, 0) is 0 Å². The van der Waals surface area contributed by atoms with Gasteiger partial charge < -0.3 is 0 Å². The van der Waals surface area contributed by atoms with Crippen molar-refractivity contribution in [3.63, 3.8) is 0 Å². The van der Waals surface area contributed by atoms with Gasteiger partial charge in [0.05, 0.1) is 11.4 Å². The molecule has 0 aliphatic carbocycles. The highest BCUT2D eigenvalue weighted by atomic mass is 79.9. The predicted molar refractivity (Wildman–Crippen MR) is 100 cm³/mol. The van der Waals surface area contributed by atoms with E-state index in [1.807, 2.05) is 54.6 Å². The maximum absolute atomic E-state index is 12.9. The number of pyridine rings is 1. The Hall–Kier alpha value is -2.31. The van der Waals surface area contributed by atoms with E-state index in [0.717, 1.165) is 25.6 Å². The monoisotopic (exact) mass is 397 g/mol. The molecule has 0 bridgehead atoms. The number of benzene rings is 2. The van der Waals surface area contributed by atoms with Crippen LogP contribution in [-0.4, -0.2) is 11.0 Å². The number of fused-ring (bicyclic) bond motifs is 2. The van der Waals surface area contributed by atoms with Gasteiger partial charge in [-0.2, -0.15) is 0 Å². The number of amides is 2. The molecule has 2 aromatic carbocycles. The van der Waals surface area contributed by atoms with E-state index in [4.69, 9.17) is 0 Å². The number of aromatic nitrogens is 1. The smallest absolute Gasteiger partial charge is 0.292 e. The minimum Gasteiger partial charge on any atom is -0.292 e. The lowest BCUT2D eigenvalue weighted by Gasteiger charge is -2.30. The third-order valence-electron chi connectivity index (χ3n) is 3.60. The van der Waals surface area contributed by atoms with Gasteiger partial charge in [-0.05, 0) is 52.3 Å². The Morgan fingerprint density at radius 3 is 2.17 bits per heavy atom. The highest BCUT2D eigenvalue weighted by molar-refractivity contribution is 9.10. The SMILES string of the molecule is O=C(Nc1ccc(Br)cn1)N1c2ccccc2Sc2ccccc21. The van der Waals surface area contributed by atoms with Crippen molar-refractivity contribution in [1.82, 2.24) is 4.98 Å². The molecule has 0 unspecified atom stereocenters. The first-order chi connectivity index (χ1) is 11.7. The van der Waals surface area contributed by atoms with Crippen molar-refractivity contribution in [2.24, 2.45) is 0 Å². The van der Waals surface area contributed by atoms with E-state index in [-0.39, 0.29) is 6.03 Å². The molecular weight excluding hydrogens is 386 g/mol. The molecule has 1 aliphatic heterocycles. The second kappa shape index (κ2) is 6.30. The zero-order valence-electron chi connectivity index (χ0n) is 12.4. The van der Waals surface area contributed by atoms with E-state index < -0.39 is 0 Å². The second-order valence-corrected chi connectivity index (χ2v) is 7.16. The van der Waals surface area contributed by atoms with Crippen molar-refractivity contribution in [3.8, 4) is 0 Å². The molecule has 0 radical (unpaired) electrons. The molecule has 1 aromatic heterocycles. The first kappa shape index (κ1) is 15.2. The lowest BCUT2D eigenvalue weighted by Crippen LogP contribution is -2.32. The van der Waals surface area contributed by atoms with Crippen LogP contribution in [0.15, 0.2) is 81.1 Å². The number of halogens is 1. The van der Waals surface area contributed by atoms with Crippen LogP contribution >= 0.6 is 27.7 Å². The summed E-state index contributed by atoms with van der Waals surface area (Å²) in [4.78, 5) is 20.9. The van der Waals surface area contributed by atoms with Gasteiger partial charge in [-0.1, -0.05) is 36.0 Å². The number of nitrogens with zero attached hydrogens (tertiary/aromatic N) is 2. The number of hydrogen-bond acceptors (Lipinski definition) is 3. The molecule has 6 heteroatoms. The Balaban J connectivity index is 1.74. The summed E-state index contributed by atoms with van der Waals surface area (Å²) in [5.41, 5.74) is 1.74. The predicted octanol–water partition coefficient (Wildman–Crippen LogP) is 5.68. The summed E-state index contributed by atoms with van der Waals surface area (Å²) in [6.07, 6.45) is 1.66. The molecule has 0 saturated heterocycles. The van der Waals surface area contributed by atoms with Gasteiger partial charge in [-0.3, -0.25) is 10.2 Å². The molecule has 1 N–H and O–H groups in total. The van der Waals surface area contributed by atoms with Gasteiger partial charge in [0.2, 0.25) is 0 Å². The van der Waals surface area contributed by atoms with Gasteiger partial charge in [0.15, 0.2) is 0 Å². The number of carbonyl (C=O) groups is 1. The van der Waals surface area contributed by atoms with Crippen LogP contribution in [0, 0.1) is 0 Å². The van der Waals surface area contributed by atoms with Crippen LogP contribution in [0.1, 0.15) is 0 Å². The molecule has 0 atom stereocenters.